The minimum absolute atomic E-state index is 0.443. The lowest BCUT2D eigenvalue weighted by atomic mass is 10.1. The fourth-order valence-electron chi connectivity index (χ4n) is 2.27. The molecule has 1 heterocycles. The highest BCUT2D eigenvalue weighted by Gasteiger charge is 2.09. The van der Waals surface area contributed by atoms with E-state index in [9.17, 15) is 0 Å². The fourth-order valence-corrected chi connectivity index (χ4v) is 2.27. The van der Waals surface area contributed by atoms with Crippen molar-refractivity contribution in [2.45, 2.75) is 20.4 Å². The van der Waals surface area contributed by atoms with Gasteiger partial charge < -0.3 is 14.5 Å². The van der Waals surface area contributed by atoms with Crippen LogP contribution in [0.2, 0.25) is 0 Å². The number of ether oxygens (including phenoxy) is 1. The first-order valence-electron chi connectivity index (χ1n) is 7.43. The van der Waals surface area contributed by atoms with E-state index in [4.69, 9.17) is 9.15 Å². The van der Waals surface area contributed by atoms with E-state index >= 15 is 0 Å². The first-order chi connectivity index (χ1) is 11.2. The molecule has 0 aliphatic rings. The minimum atomic E-state index is 0.443. The van der Waals surface area contributed by atoms with Gasteiger partial charge in [0.15, 0.2) is 0 Å². The Hall–Kier alpha value is -2.82. The van der Waals surface area contributed by atoms with Gasteiger partial charge in [-0.1, -0.05) is 23.8 Å². The maximum absolute atomic E-state index is 5.71. The molecule has 0 saturated heterocycles. The summed E-state index contributed by atoms with van der Waals surface area (Å²) in [7, 11) is 1.65. The summed E-state index contributed by atoms with van der Waals surface area (Å²) in [5.41, 5.74) is 4.17. The van der Waals surface area contributed by atoms with Crippen LogP contribution in [0.25, 0.3) is 11.5 Å². The molecular weight excluding hydrogens is 290 g/mol. The Morgan fingerprint density at radius 3 is 2.48 bits per heavy atom. The lowest BCUT2D eigenvalue weighted by Gasteiger charge is -2.10. The van der Waals surface area contributed by atoms with Crippen LogP contribution in [0, 0.1) is 13.8 Å². The second kappa shape index (κ2) is 6.52. The molecule has 0 aliphatic heterocycles. The average Bonchev–Trinajstić information content (AvgIpc) is 3.03. The number of nitrogens with one attached hydrogen (secondary N) is 1. The van der Waals surface area contributed by atoms with E-state index < -0.39 is 0 Å². The molecule has 0 radical (unpaired) electrons. The molecule has 1 N–H and O–H groups in total. The van der Waals surface area contributed by atoms with Crippen LogP contribution >= 0.6 is 0 Å². The minimum Gasteiger partial charge on any atom is -0.495 e. The Labute approximate surface area is 135 Å². The van der Waals surface area contributed by atoms with Gasteiger partial charge in [-0.25, -0.2) is 0 Å². The van der Waals surface area contributed by atoms with Crippen molar-refractivity contribution in [2.75, 3.05) is 12.4 Å². The van der Waals surface area contributed by atoms with E-state index in [1.54, 1.807) is 7.11 Å². The molecular formula is C18H19N3O2. The van der Waals surface area contributed by atoms with Crippen molar-refractivity contribution >= 4 is 5.69 Å². The molecule has 1 aromatic heterocycles. The smallest absolute Gasteiger partial charge is 0.247 e. The average molecular weight is 309 g/mol. The quantitative estimate of drug-likeness (QED) is 0.772. The molecule has 0 aliphatic carbocycles. The normalized spacial score (nSPS) is 10.6. The predicted octanol–water partition coefficient (Wildman–Crippen LogP) is 3.97. The zero-order valence-electron chi connectivity index (χ0n) is 13.5. The highest BCUT2D eigenvalue weighted by Crippen LogP contribution is 2.26. The lowest BCUT2D eigenvalue weighted by molar-refractivity contribution is 0.416. The molecule has 0 saturated carbocycles. The van der Waals surface area contributed by atoms with Crippen molar-refractivity contribution < 1.29 is 9.15 Å². The highest BCUT2D eigenvalue weighted by atomic mass is 16.5. The SMILES string of the molecule is COc1ccc(C)cc1NCc1nnc(-c2ccc(C)cc2)o1. The van der Waals surface area contributed by atoms with Gasteiger partial charge in [-0.05, 0) is 43.7 Å². The Bertz CT molecular complexity index is 794. The van der Waals surface area contributed by atoms with Gasteiger partial charge in [0.2, 0.25) is 11.8 Å². The monoisotopic (exact) mass is 309 g/mol. The highest BCUT2D eigenvalue weighted by molar-refractivity contribution is 5.58. The summed E-state index contributed by atoms with van der Waals surface area (Å²) >= 11 is 0. The standard InChI is InChI=1S/C18H19N3O2/c1-12-4-7-14(8-5-12)18-21-20-17(23-18)11-19-15-10-13(2)6-9-16(15)22-3/h4-10,19H,11H2,1-3H3. The predicted molar refractivity (Wildman–Crippen MR) is 89.5 cm³/mol. The lowest BCUT2D eigenvalue weighted by Crippen LogP contribution is -2.02. The third-order valence-corrected chi connectivity index (χ3v) is 3.55. The van der Waals surface area contributed by atoms with Crippen molar-refractivity contribution in [3.05, 3.63) is 59.5 Å². The molecule has 3 rings (SSSR count). The van der Waals surface area contributed by atoms with Gasteiger partial charge in [0.1, 0.15) is 5.75 Å². The maximum atomic E-state index is 5.71. The number of hydrogen-bond acceptors (Lipinski definition) is 5. The summed E-state index contributed by atoms with van der Waals surface area (Å²) in [6.45, 7) is 4.52. The van der Waals surface area contributed by atoms with Crippen LogP contribution in [0.5, 0.6) is 5.75 Å². The first-order valence-corrected chi connectivity index (χ1v) is 7.43. The summed E-state index contributed by atoms with van der Waals surface area (Å²) < 4.78 is 11.1. The van der Waals surface area contributed by atoms with E-state index in [1.807, 2.05) is 56.3 Å². The molecule has 0 atom stereocenters. The van der Waals surface area contributed by atoms with Gasteiger partial charge in [0, 0.05) is 5.56 Å². The van der Waals surface area contributed by atoms with Crippen LogP contribution in [0.15, 0.2) is 46.9 Å². The van der Waals surface area contributed by atoms with Gasteiger partial charge in [-0.3, -0.25) is 0 Å². The van der Waals surface area contributed by atoms with Crippen LogP contribution in [0.1, 0.15) is 17.0 Å². The molecule has 118 valence electrons. The number of aryl methyl sites for hydroxylation is 2. The third-order valence-electron chi connectivity index (χ3n) is 3.55. The summed E-state index contributed by atoms with van der Waals surface area (Å²) in [5.74, 6) is 1.84. The molecule has 23 heavy (non-hydrogen) atoms. The maximum Gasteiger partial charge on any atom is 0.247 e. The van der Waals surface area contributed by atoms with Crippen LogP contribution < -0.4 is 10.1 Å². The van der Waals surface area contributed by atoms with Gasteiger partial charge in [-0.2, -0.15) is 0 Å². The van der Waals surface area contributed by atoms with Gasteiger partial charge in [0.25, 0.3) is 0 Å². The van der Waals surface area contributed by atoms with Crippen LogP contribution in [-0.2, 0) is 6.54 Å². The summed E-state index contributed by atoms with van der Waals surface area (Å²) in [6, 6.07) is 14.0. The largest absolute Gasteiger partial charge is 0.495 e. The van der Waals surface area contributed by atoms with Gasteiger partial charge in [0.05, 0.1) is 19.3 Å². The van der Waals surface area contributed by atoms with E-state index in [0.717, 1.165) is 22.6 Å². The van der Waals surface area contributed by atoms with E-state index in [0.29, 0.717) is 18.3 Å². The molecule has 3 aromatic rings. The van der Waals surface area contributed by atoms with E-state index in [-0.39, 0.29) is 0 Å². The Balaban J connectivity index is 1.72. The third kappa shape index (κ3) is 3.51. The number of anilines is 1. The van der Waals surface area contributed by atoms with Crippen LogP contribution in [-0.4, -0.2) is 17.3 Å². The number of hydrogen-bond donors (Lipinski definition) is 1. The number of benzene rings is 2. The Morgan fingerprint density at radius 1 is 1.00 bits per heavy atom. The molecule has 5 nitrogen and oxygen atoms in total. The molecule has 0 unspecified atom stereocenters. The van der Waals surface area contributed by atoms with Crippen molar-refractivity contribution in [1.29, 1.82) is 0 Å². The zero-order valence-corrected chi connectivity index (χ0v) is 13.5. The van der Waals surface area contributed by atoms with Crippen molar-refractivity contribution in [1.82, 2.24) is 10.2 Å². The second-order valence-corrected chi connectivity index (χ2v) is 5.42. The molecule has 0 fully saturated rings. The Kier molecular flexibility index (Phi) is 4.28. The number of methoxy groups -OCH3 is 1. The molecule has 5 heteroatoms. The van der Waals surface area contributed by atoms with Crippen molar-refractivity contribution in [3.8, 4) is 17.2 Å². The van der Waals surface area contributed by atoms with Crippen LogP contribution in [0.3, 0.4) is 0 Å². The summed E-state index contributed by atoms with van der Waals surface area (Å²) in [4.78, 5) is 0. The van der Waals surface area contributed by atoms with Crippen molar-refractivity contribution in [2.24, 2.45) is 0 Å². The Morgan fingerprint density at radius 2 is 1.74 bits per heavy atom. The van der Waals surface area contributed by atoms with Crippen molar-refractivity contribution in [3.63, 3.8) is 0 Å². The van der Waals surface area contributed by atoms with Gasteiger partial charge in [-0.15, -0.1) is 10.2 Å². The summed E-state index contributed by atoms with van der Waals surface area (Å²) in [6.07, 6.45) is 0. The number of nitrogens with zero attached hydrogens (tertiary/aromatic N) is 2. The van der Waals surface area contributed by atoms with E-state index in [2.05, 4.69) is 15.5 Å². The van der Waals surface area contributed by atoms with E-state index in [1.165, 1.54) is 5.56 Å². The van der Waals surface area contributed by atoms with Crippen LogP contribution in [0.4, 0.5) is 5.69 Å². The molecule has 0 spiro atoms. The molecule has 2 aromatic carbocycles. The summed E-state index contributed by atoms with van der Waals surface area (Å²) in [5, 5.41) is 11.5. The molecule has 0 bridgehead atoms. The zero-order chi connectivity index (χ0) is 16.2. The number of aromatic nitrogens is 2. The molecule has 0 amide bonds. The number of rotatable bonds is 5. The first kappa shape index (κ1) is 15.1. The second-order valence-electron chi connectivity index (χ2n) is 5.42. The topological polar surface area (TPSA) is 60.2 Å². The fraction of sp³-hybridized carbons (Fsp3) is 0.222. The van der Waals surface area contributed by atoms with Gasteiger partial charge >= 0.3 is 0 Å².